The Morgan fingerprint density at radius 2 is 2.14 bits per heavy atom. The van der Waals surface area contributed by atoms with Gasteiger partial charge in [-0.2, -0.15) is 4.57 Å². The lowest BCUT2D eigenvalue weighted by Gasteiger charge is -2.20. The van der Waals surface area contributed by atoms with Crippen molar-refractivity contribution in [2.75, 3.05) is 6.79 Å². The van der Waals surface area contributed by atoms with Gasteiger partial charge in [0.1, 0.15) is 5.75 Å². The highest BCUT2D eigenvalue weighted by Crippen LogP contribution is 2.31. The molecule has 1 aromatic heterocycles. The number of hydrogen-bond donors (Lipinski definition) is 0. The average Bonchev–Trinajstić information content (AvgIpc) is 2.49. The van der Waals surface area contributed by atoms with Crippen molar-refractivity contribution in [3.63, 3.8) is 0 Å². The van der Waals surface area contributed by atoms with E-state index in [4.69, 9.17) is 21.1 Å². The number of hydrogen-bond acceptors (Lipinski definition) is 2. The molecule has 0 saturated heterocycles. The number of benzene rings is 1. The number of aryl methyl sites for hydroxylation is 2. The fraction of sp³-hybridized carbons (Fsp3) is 0.353. The van der Waals surface area contributed by atoms with E-state index in [1.807, 2.05) is 12.1 Å². The second-order valence-electron chi connectivity index (χ2n) is 5.32. The second-order valence-corrected chi connectivity index (χ2v) is 5.76. The zero-order valence-electron chi connectivity index (χ0n) is 12.4. The molecule has 2 aromatic rings. The smallest absolute Gasteiger partial charge is 0.189 e. The van der Waals surface area contributed by atoms with Gasteiger partial charge in [-0.1, -0.05) is 18.5 Å². The van der Waals surface area contributed by atoms with E-state index >= 15 is 0 Å². The van der Waals surface area contributed by atoms with Gasteiger partial charge in [0.25, 0.3) is 0 Å². The standard InChI is InChI=1S/C17H19ClNO2/c1-3-13-5-4-12(2)19(8-13)9-14-6-16(18)7-15-10-20-11-21-17(14)15/h4-8H,3,9-11H2,1-2H3/q+1. The number of pyridine rings is 1. The minimum Gasteiger partial charge on any atom is -0.467 e. The van der Waals surface area contributed by atoms with Gasteiger partial charge in [-0.15, -0.1) is 0 Å². The highest BCUT2D eigenvalue weighted by molar-refractivity contribution is 6.30. The molecule has 1 aliphatic rings. The normalized spacial score (nSPS) is 13.7. The van der Waals surface area contributed by atoms with Crippen molar-refractivity contribution in [2.45, 2.75) is 33.4 Å². The van der Waals surface area contributed by atoms with Crippen molar-refractivity contribution < 1.29 is 14.0 Å². The number of ether oxygens (including phenoxy) is 2. The van der Waals surface area contributed by atoms with Crippen LogP contribution in [0.1, 0.15) is 29.3 Å². The largest absolute Gasteiger partial charge is 0.467 e. The van der Waals surface area contributed by atoms with Crippen molar-refractivity contribution >= 4 is 11.6 Å². The van der Waals surface area contributed by atoms with Crippen LogP contribution in [-0.2, 0) is 24.3 Å². The van der Waals surface area contributed by atoms with Crippen molar-refractivity contribution in [2.24, 2.45) is 0 Å². The van der Waals surface area contributed by atoms with Gasteiger partial charge in [-0.3, -0.25) is 0 Å². The summed E-state index contributed by atoms with van der Waals surface area (Å²) in [4.78, 5) is 0. The Kier molecular flexibility index (Phi) is 4.13. The third-order valence-corrected chi connectivity index (χ3v) is 4.03. The summed E-state index contributed by atoms with van der Waals surface area (Å²) < 4.78 is 13.3. The van der Waals surface area contributed by atoms with E-state index in [0.717, 1.165) is 34.9 Å². The first-order chi connectivity index (χ1) is 10.2. The maximum atomic E-state index is 6.23. The monoisotopic (exact) mass is 304 g/mol. The van der Waals surface area contributed by atoms with Crippen molar-refractivity contribution in [1.82, 2.24) is 0 Å². The fourth-order valence-electron chi connectivity index (χ4n) is 2.61. The van der Waals surface area contributed by atoms with Crippen LogP contribution in [0.3, 0.4) is 0 Å². The van der Waals surface area contributed by atoms with E-state index in [-0.39, 0.29) is 0 Å². The molecule has 4 heteroatoms. The van der Waals surface area contributed by atoms with Crippen LogP contribution < -0.4 is 9.30 Å². The molecule has 0 radical (unpaired) electrons. The Balaban J connectivity index is 2.00. The number of rotatable bonds is 3. The molecule has 0 fully saturated rings. The van der Waals surface area contributed by atoms with Crippen LogP contribution in [0.25, 0.3) is 0 Å². The maximum absolute atomic E-state index is 6.23. The van der Waals surface area contributed by atoms with Crippen LogP contribution in [0.4, 0.5) is 0 Å². The van der Waals surface area contributed by atoms with Crippen molar-refractivity contribution in [3.8, 4) is 5.75 Å². The Labute approximate surface area is 130 Å². The molecule has 0 bridgehead atoms. The number of nitrogens with zero attached hydrogens (tertiary/aromatic N) is 1. The van der Waals surface area contributed by atoms with Crippen LogP contribution in [0.2, 0.25) is 5.02 Å². The predicted molar refractivity (Wildman–Crippen MR) is 81.6 cm³/mol. The molecule has 0 N–H and O–H groups in total. The minimum atomic E-state index is 0.306. The first kappa shape index (κ1) is 14.4. The van der Waals surface area contributed by atoms with Crippen molar-refractivity contribution in [1.29, 1.82) is 0 Å². The summed E-state index contributed by atoms with van der Waals surface area (Å²) in [6, 6.07) is 8.22. The summed E-state index contributed by atoms with van der Waals surface area (Å²) in [6.45, 7) is 5.89. The predicted octanol–water partition coefficient (Wildman–Crippen LogP) is 3.41. The van der Waals surface area contributed by atoms with Gasteiger partial charge in [0, 0.05) is 29.1 Å². The SMILES string of the molecule is CCc1ccc(C)[n+](Cc2cc(Cl)cc3c2OCOC3)c1. The van der Waals surface area contributed by atoms with E-state index in [9.17, 15) is 0 Å². The van der Waals surface area contributed by atoms with Gasteiger partial charge in [0.05, 0.1) is 12.2 Å². The molecule has 0 aliphatic carbocycles. The zero-order valence-corrected chi connectivity index (χ0v) is 13.1. The summed E-state index contributed by atoms with van der Waals surface area (Å²) in [5.74, 6) is 0.916. The molecule has 0 unspecified atom stereocenters. The fourth-order valence-corrected chi connectivity index (χ4v) is 2.87. The minimum absolute atomic E-state index is 0.306. The van der Waals surface area contributed by atoms with E-state index < -0.39 is 0 Å². The van der Waals surface area contributed by atoms with Gasteiger partial charge >= 0.3 is 0 Å². The highest BCUT2D eigenvalue weighted by atomic mass is 35.5. The Morgan fingerprint density at radius 1 is 1.29 bits per heavy atom. The van der Waals surface area contributed by atoms with E-state index in [1.54, 1.807) is 0 Å². The van der Waals surface area contributed by atoms with Gasteiger partial charge in [-0.25, -0.2) is 0 Å². The molecule has 1 aliphatic heterocycles. The van der Waals surface area contributed by atoms with Gasteiger partial charge in [-0.05, 0) is 24.6 Å². The molecular weight excluding hydrogens is 286 g/mol. The molecule has 3 nitrogen and oxygen atoms in total. The molecule has 0 amide bonds. The number of fused-ring (bicyclic) bond motifs is 1. The molecule has 2 heterocycles. The molecule has 1 aromatic carbocycles. The molecule has 0 atom stereocenters. The first-order valence-corrected chi connectivity index (χ1v) is 7.56. The summed E-state index contributed by atoms with van der Waals surface area (Å²) in [6.07, 6.45) is 3.22. The summed E-state index contributed by atoms with van der Waals surface area (Å²) in [7, 11) is 0. The van der Waals surface area contributed by atoms with Crippen LogP contribution in [0.15, 0.2) is 30.5 Å². The molecule has 0 spiro atoms. The summed E-state index contributed by atoms with van der Waals surface area (Å²) >= 11 is 6.23. The summed E-state index contributed by atoms with van der Waals surface area (Å²) in [5.41, 5.74) is 4.66. The molecule has 110 valence electrons. The second kappa shape index (κ2) is 6.04. The highest BCUT2D eigenvalue weighted by Gasteiger charge is 2.20. The zero-order chi connectivity index (χ0) is 14.8. The Hall–Kier alpha value is -1.58. The van der Waals surface area contributed by atoms with Crippen LogP contribution >= 0.6 is 11.6 Å². The third-order valence-electron chi connectivity index (χ3n) is 3.81. The van der Waals surface area contributed by atoms with Crippen molar-refractivity contribution in [3.05, 3.63) is 57.9 Å². The number of halogens is 1. The lowest BCUT2D eigenvalue weighted by molar-refractivity contribution is -0.694. The van der Waals surface area contributed by atoms with Crippen LogP contribution in [-0.4, -0.2) is 6.79 Å². The Bertz CT molecular complexity index is 670. The van der Waals surface area contributed by atoms with Gasteiger partial charge in [0.2, 0.25) is 0 Å². The van der Waals surface area contributed by atoms with Crippen LogP contribution in [0, 0.1) is 6.92 Å². The maximum Gasteiger partial charge on any atom is 0.189 e. The molecule has 21 heavy (non-hydrogen) atoms. The van der Waals surface area contributed by atoms with E-state index in [1.165, 1.54) is 11.3 Å². The third kappa shape index (κ3) is 3.04. The first-order valence-electron chi connectivity index (χ1n) is 7.18. The Morgan fingerprint density at radius 3 is 2.95 bits per heavy atom. The molecule has 0 saturated carbocycles. The lowest BCUT2D eigenvalue weighted by Crippen LogP contribution is -2.38. The van der Waals surface area contributed by atoms with E-state index in [2.05, 4.69) is 36.7 Å². The molecular formula is C17H19ClNO2+. The van der Waals surface area contributed by atoms with Crippen LogP contribution in [0.5, 0.6) is 5.75 Å². The quantitative estimate of drug-likeness (QED) is 0.811. The topological polar surface area (TPSA) is 22.3 Å². The summed E-state index contributed by atoms with van der Waals surface area (Å²) in [5, 5.41) is 0.725. The average molecular weight is 305 g/mol. The van der Waals surface area contributed by atoms with Gasteiger partial charge in [0.15, 0.2) is 25.2 Å². The van der Waals surface area contributed by atoms with E-state index in [0.29, 0.717) is 13.4 Å². The van der Waals surface area contributed by atoms with Gasteiger partial charge < -0.3 is 9.47 Å². The number of aromatic nitrogens is 1. The molecule has 3 rings (SSSR count). The lowest BCUT2D eigenvalue weighted by atomic mass is 10.1.